The van der Waals surface area contributed by atoms with Crippen molar-refractivity contribution >= 4 is 11.2 Å². The minimum Gasteiger partial charge on any atom is -0.257 e. The van der Waals surface area contributed by atoms with Crippen LogP contribution in [0, 0.1) is 11.8 Å². The van der Waals surface area contributed by atoms with E-state index in [0.717, 1.165) is 23.5 Å². The summed E-state index contributed by atoms with van der Waals surface area (Å²) in [6.45, 7) is 0. The molecule has 1 atom stereocenters. The molecular formula is C15H19N5O. The Kier molecular flexibility index (Phi) is 2.39. The Morgan fingerprint density at radius 3 is 2.95 bits per heavy atom. The number of anilines is 1. The van der Waals surface area contributed by atoms with Gasteiger partial charge in [0.2, 0.25) is 0 Å². The van der Waals surface area contributed by atoms with E-state index in [1.54, 1.807) is 0 Å². The molecule has 3 aliphatic carbocycles. The van der Waals surface area contributed by atoms with E-state index < -0.39 is 0 Å². The van der Waals surface area contributed by atoms with Crippen LogP contribution in [0.1, 0.15) is 32.1 Å². The molecular weight excluding hydrogens is 266 g/mol. The van der Waals surface area contributed by atoms with Crippen molar-refractivity contribution in [3.8, 4) is 0 Å². The van der Waals surface area contributed by atoms with Gasteiger partial charge in [0, 0.05) is 18.3 Å². The van der Waals surface area contributed by atoms with Crippen LogP contribution in [0.3, 0.4) is 0 Å². The zero-order valence-corrected chi connectivity index (χ0v) is 11.8. The predicted molar refractivity (Wildman–Crippen MR) is 77.8 cm³/mol. The summed E-state index contributed by atoms with van der Waals surface area (Å²) in [5.41, 5.74) is 8.55. The van der Waals surface area contributed by atoms with Gasteiger partial charge in [-0.1, -0.05) is 5.59 Å². The van der Waals surface area contributed by atoms with Crippen LogP contribution in [0.2, 0.25) is 0 Å². The van der Waals surface area contributed by atoms with Crippen LogP contribution >= 0.6 is 0 Å². The Labute approximate surface area is 123 Å². The monoisotopic (exact) mass is 285 g/mol. The zero-order chi connectivity index (χ0) is 13.9. The number of rotatable bonds is 1. The maximum Gasteiger partial charge on any atom is 0.163 e. The molecule has 4 fully saturated rings. The van der Waals surface area contributed by atoms with Gasteiger partial charge >= 0.3 is 0 Å². The smallest absolute Gasteiger partial charge is 0.163 e. The molecule has 6 heteroatoms. The van der Waals surface area contributed by atoms with Crippen molar-refractivity contribution in [2.75, 3.05) is 5.12 Å². The molecule has 4 aliphatic rings. The van der Waals surface area contributed by atoms with Gasteiger partial charge in [0.05, 0.1) is 11.2 Å². The van der Waals surface area contributed by atoms with Gasteiger partial charge in [0.15, 0.2) is 5.72 Å². The second-order valence-corrected chi connectivity index (χ2v) is 6.54. The molecule has 6 rings (SSSR count). The average Bonchev–Trinajstić information content (AvgIpc) is 3.15. The van der Waals surface area contributed by atoms with Gasteiger partial charge in [-0.05, 0) is 56.2 Å². The number of hydrogen-bond donors (Lipinski definition) is 2. The summed E-state index contributed by atoms with van der Waals surface area (Å²) >= 11 is 0. The lowest BCUT2D eigenvalue weighted by molar-refractivity contribution is -0.153. The molecule has 21 heavy (non-hydrogen) atoms. The van der Waals surface area contributed by atoms with Crippen LogP contribution in [-0.2, 0) is 4.84 Å². The van der Waals surface area contributed by atoms with Crippen LogP contribution in [-0.4, -0.2) is 15.3 Å². The van der Waals surface area contributed by atoms with Crippen molar-refractivity contribution in [3.05, 3.63) is 30.6 Å². The van der Waals surface area contributed by atoms with Crippen molar-refractivity contribution in [1.29, 1.82) is 0 Å². The lowest BCUT2D eigenvalue weighted by Crippen LogP contribution is -2.57. The Hall–Kier alpha value is -1.63. The van der Waals surface area contributed by atoms with Crippen molar-refractivity contribution in [1.82, 2.24) is 20.6 Å². The van der Waals surface area contributed by atoms with Crippen molar-refractivity contribution in [2.24, 2.45) is 11.8 Å². The first-order valence-electron chi connectivity index (χ1n) is 7.77. The Bertz CT molecular complexity index is 678. The van der Waals surface area contributed by atoms with E-state index in [4.69, 9.17) is 4.84 Å². The summed E-state index contributed by atoms with van der Waals surface area (Å²) in [5.74, 6) is 1.42. The van der Waals surface area contributed by atoms with Crippen molar-refractivity contribution in [2.45, 2.75) is 37.8 Å². The Morgan fingerprint density at radius 1 is 1.24 bits per heavy atom. The molecule has 2 N–H and O–H groups in total. The maximum absolute atomic E-state index is 6.02. The Morgan fingerprint density at radius 2 is 2.14 bits per heavy atom. The highest BCUT2D eigenvalue weighted by molar-refractivity contribution is 5.58. The number of hydrazine groups is 2. The van der Waals surface area contributed by atoms with E-state index in [-0.39, 0.29) is 5.72 Å². The first-order chi connectivity index (χ1) is 10.3. The molecule has 0 amide bonds. The second kappa shape index (κ2) is 4.19. The zero-order valence-electron chi connectivity index (χ0n) is 11.8. The molecule has 6 nitrogen and oxygen atoms in total. The van der Waals surface area contributed by atoms with Crippen LogP contribution < -0.4 is 16.1 Å². The van der Waals surface area contributed by atoms with Crippen LogP contribution in [0.5, 0.6) is 0 Å². The number of pyridine rings is 1. The third-order valence-corrected chi connectivity index (χ3v) is 5.36. The van der Waals surface area contributed by atoms with Gasteiger partial charge in [0.1, 0.15) is 0 Å². The van der Waals surface area contributed by atoms with Gasteiger partial charge in [-0.15, -0.1) is 0 Å². The van der Waals surface area contributed by atoms with Gasteiger partial charge in [0.25, 0.3) is 0 Å². The molecule has 3 heterocycles. The molecule has 2 bridgehead atoms. The summed E-state index contributed by atoms with van der Waals surface area (Å²) in [4.78, 5) is 6.02. The van der Waals surface area contributed by atoms with Gasteiger partial charge in [-0.3, -0.25) is 4.84 Å². The van der Waals surface area contributed by atoms with Crippen LogP contribution in [0.25, 0.3) is 5.52 Å². The minimum absolute atomic E-state index is 0.215. The summed E-state index contributed by atoms with van der Waals surface area (Å²) in [6, 6.07) is 6.12. The van der Waals surface area contributed by atoms with Gasteiger partial charge in [-0.2, -0.15) is 10.5 Å². The SMILES string of the molecule is c1cc2cc(N3NOC4(CC5CCC4CC5)N3)ccn2n1. The third kappa shape index (κ3) is 1.73. The first kappa shape index (κ1) is 12.0. The predicted octanol–water partition coefficient (Wildman–Crippen LogP) is 2.00. The van der Waals surface area contributed by atoms with Crippen molar-refractivity contribution < 1.29 is 4.84 Å². The fourth-order valence-electron chi connectivity index (χ4n) is 4.22. The topological polar surface area (TPSA) is 53.8 Å². The molecule has 1 aliphatic heterocycles. The van der Waals surface area contributed by atoms with E-state index in [2.05, 4.69) is 22.2 Å². The fraction of sp³-hybridized carbons (Fsp3) is 0.533. The largest absolute Gasteiger partial charge is 0.257 e. The van der Waals surface area contributed by atoms with Gasteiger partial charge < -0.3 is 0 Å². The van der Waals surface area contributed by atoms with E-state index in [0.29, 0.717) is 5.92 Å². The average molecular weight is 285 g/mol. The normalized spacial score (nSPS) is 35.1. The number of fused-ring (bicyclic) bond motifs is 3. The summed E-state index contributed by atoms with van der Waals surface area (Å²) in [6.07, 6.45) is 10.1. The standard InChI is InChI=1S/C15H19N5O/c1-3-12-4-2-11(1)10-15(12)17-20(18-21-15)14-6-8-19-13(9-14)5-7-16-19/h5-9,11-12,17-18H,1-4,10H2. The number of aromatic nitrogens is 2. The fourth-order valence-corrected chi connectivity index (χ4v) is 4.22. The highest BCUT2D eigenvalue weighted by Crippen LogP contribution is 2.49. The highest BCUT2D eigenvalue weighted by Gasteiger charge is 2.53. The number of hydrogen-bond acceptors (Lipinski definition) is 5. The lowest BCUT2D eigenvalue weighted by atomic mass is 9.66. The molecule has 1 spiro atoms. The quantitative estimate of drug-likeness (QED) is 0.839. The molecule has 110 valence electrons. The van der Waals surface area contributed by atoms with E-state index in [9.17, 15) is 0 Å². The summed E-state index contributed by atoms with van der Waals surface area (Å²) in [5, 5.41) is 6.14. The summed E-state index contributed by atoms with van der Waals surface area (Å²) < 4.78 is 1.86. The molecule has 1 unspecified atom stereocenters. The lowest BCUT2D eigenvalue weighted by Gasteiger charge is -2.47. The molecule has 0 radical (unpaired) electrons. The number of nitrogens with zero attached hydrogens (tertiary/aromatic N) is 3. The second-order valence-electron chi connectivity index (χ2n) is 6.54. The molecule has 3 saturated carbocycles. The minimum atomic E-state index is -0.215. The first-order valence-corrected chi connectivity index (χ1v) is 7.77. The summed E-state index contributed by atoms with van der Waals surface area (Å²) in [7, 11) is 0. The van der Waals surface area contributed by atoms with E-state index in [1.165, 1.54) is 25.7 Å². The van der Waals surface area contributed by atoms with Gasteiger partial charge in [-0.25, -0.2) is 9.63 Å². The van der Waals surface area contributed by atoms with Crippen molar-refractivity contribution in [3.63, 3.8) is 0 Å². The number of nitrogens with one attached hydrogen (secondary N) is 2. The molecule has 2 aromatic rings. The third-order valence-electron chi connectivity index (χ3n) is 5.36. The Balaban J connectivity index is 1.44. The van der Waals surface area contributed by atoms with E-state index >= 15 is 0 Å². The molecule has 1 saturated heterocycles. The van der Waals surface area contributed by atoms with Crippen LogP contribution in [0.4, 0.5) is 5.69 Å². The highest BCUT2D eigenvalue weighted by atomic mass is 16.7. The molecule has 0 aromatic carbocycles. The van der Waals surface area contributed by atoms with E-state index in [1.807, 2.05) is 34.2 Å². The molecule has 2 aromatic heterocycles. The van der Waals surface area contributed by atoms with Crippen LogP contribution in [0.15, 0.2) is 30.6 Å². The maximum atomic E-state index is 6.02.